The Hall–Kier alpha value is -3.07. The second kappa shape index (κ2) is 6.81. The van der Waals surface area contributed by atoms with Gasteiger partial charge in [0.2, 0.25) is 0 Å². The van der Waals surface area contributed by atoms with Crippen molar-refractivity contribution in [2.45, 2.75) is 6.42 Å². The van der Waals surface area contributed by atoms with Crippen molar-refractivity contribution in [3.63, 3.8) is 0 Å². The zero-order valence-electron chi connectivity index (χ0n) is 12.4. The molecule has 0 aliphatic carbocycles. The van der Waals surface area contributed by atoms with Crippen LogP contribution in [0, 0.1) is 11.6 Å². The molecular formula is C15H9ClF2N4O3. The third kappa shape index (κ3) is 3.89. The Kier molecular flexibility index (Phi) is 4.57. The molecular weight excluding hydrogens is 358 g/mol. The van der Waals surface area contributed by atoms with E-state index in [0.29, 0.717) is 0 Å². The number of aromatic nitrogens is 4. The van der Waals surface area contributed by atoms with E-state index >= 15 is 0 Å². The maximum Gasteiger partial charge on any atom is 0.309 e. The summed E-state index contributed by atoms with van der Waals surface area (Å²) in [6.45, 7) is 0. The van der Waals surface area contributed by atoms with Crippen LogP contribution in [-0.2, 0) is 11.2 Å². The molecule has 0 aliphatic heterocycles. The van der Waals surface area contributed by atoms with E-state index < -0.39 is 17.6 Å². The van der Waals surface area contributed by atoms with Gasteiger partial charge in [0.25, 0.3) is 5.88 Å². The highest BCUT2D eigenvalue weighted by Crippen LogP contribution is 2.26. The van der Waals surface area contributed by atoms with Gasteiger partial charge in [0, 0.05) is 12.3 Å². The van der Waals surface area contributed by atoms with Crippen LogP contribution in [0.3, 0.4) is 0 Å². The number of benzene rings is 1. The summed E-state index contributed by atoms with van der Waals surface area (Å²) < 4.78 is 34.2. The van der Waals surface area contributed by atoms with E-state index in [2.05, 4.69) is 15.3 Å². The van der Waals surface area contributed by atoms with E-state index in [1.54, 1.807) is 0 Å². The Balaban J connectivity index is 1.83. The number of ether oxygens (including phenoxy) is 1. The first-order valence-corrected chi connectivity index (χ1v) is 7.22. The van der Waals surface area contributed by atoms with Gasteiger partial charge < -0.3 is 9.84 Å². The Bertz CT molecular complexity index is 948. The van der Waals surface area contributed by atoms with Crippen LogP contribution < -0.4 is 4.74 Å². The molecule has 128 valence electrons. The van der Waals surface area contributed by atoms with Crippen LogP contribution in [0.2, 0.25) is 5.02 Å². The number of carboxylic acid groups (broad SMARTS) is 1. The van der Waals surface area contributed by atoms with E-state index in [9.17, 15) is 13.6 Å². The van der Waals surface area contributed by atoms with Crippen LogP contribution in [0.25, 0.3) is 5.69 Å². The summed E-state index contributed by atoms with van der Waals surface area (Å²) in [5, 5.41) is 16.1. The minimum atomic E-state index is -1.08. The van der Waals surface area contributed by atoms with Crippen LogP contribution in [0.4, 0.5) is 8.78 Å². The molecule has 0 bridgehead atoms. The first-order valence-electron chi connectivity index (χ1n) is 6.84. The van der Waals surface area contributed by atoms with Crippen molar-refractivity contribution in [3.05, 3.63) is 59.0 Å². The van der Waals surface area contributed by atoms with Gasteiger partial charge in [-0.15, -0.1) is 5.10 Å². The molecule has 0 aliphatic rings. The highest BCUT2D eigenvalue weighted by molar-refractivity contribution is 6.30. The zero-order chi connectivity index (χ0) is 18.0. The van der Waals surface area contributed by atoms with E-state index in [-0.39, 0.29) is 34.5 Å². The third-order valence-electron chi connectivity index (χ3n) is 3.03. The number of hydrogen-bond acceptors (Lipinski definition) is 5. The predicted molar refractivity (Wildman–Crippen MR) is 81.9 cm³/mol. The Labute approximate surface area is 144 Å². The fourth-order valence-corrected chi connectivity index (χ4v) is 2.12. The number of halogens is 3. The molecule has 10 heteroatoms. The zero-order valence-corrected chi connectivity index (χ0v) is 13.1. The normalized spacial score (nSPS) is 10.7. The first kappa shape index (κ1) is 16.8. The van der Waals surface area contributed by atoms with Crippen molar-refractivity contribution >= 4 is 17.6 Å². The molecule has 25 heavy (non-hydrogen) atoms. The van der Waals surface area contributed by atoms with Gasteiger partial charge in [-0.25, -0.2) is 18.4 Å². The highest BCUT2D eigenvalue weighted by Gasteiger charge is 2.13. The molecule has 0 unspecified atom stereocenters. The smallest absolute Gasteiger partial charge is 0.309 e. The van der Waals surface area contributed by atoms with Gasteiger partial charge in [-0.05, 0) is 18.2 Å². The van der Waals surface area contributed by atoms with Gasteiger partial charge in [-0.3, -0.25) is 4.79 Å². The van der Waals surface area contributed by atoms with E-state index in [1.807, 2.05) is 0 Å². The Morgan fingerprint density at radius 2 is 2.08 bits per heavy atom. The number of pyridine rings is 1. The lowest BCUT2D eigenvalue weighted by Crippen LogP contribution is -2.00. The predicted octanol–water partition coefficient (Wildman–Crippen LogP) is 3.01. The lowest BCUT2D eigenvalue weighted by Gasteiger charge is -2.08. The van der Waals surface area contributed by atoms with Gasteiger partial charge in [-0.1, -0.05) is 16.8 Å². The van der Waals surface area contributed by atoms with E-state index in [4.69, 9.17) is 21.4 Å². The van der Waals surface area contributed by atoms with Crippen molar-refractivity contribution in [2.75, 3.05) is 0 Å². The average Bonchev–Trinajstić information content (AvgIpc) is 2.97. The maximum atomic E-state index is 14.3. The fourth-order valence-electron chi connectivity index (χ4n) is 1.98. The van der Waals surface area contributed by atoms with Crippen LogP contribution in [-0.4, -0.2) is 31.1 Å². The topological polar surface area (TPSA) is 90.1 Å². The monoisotopic (exact) mass is 366 g/mol. The number of rotatable bonds is 5. The number of carbonyl (C=O) groups is 1. The van der Waals surface area contributed by atoms with Gasteiger partial charge in [0.05, 0.1) is 23.3 Å². The van der Waals surface area contributed by atoms with Crippen LogP contribution in [0.15, 0.2) is 36.7 Å². The lowest BCUT2D eigenvalue weighted by atomic mass is 10.3. The van der Waals surface area contributed by atoms with Gasteiger partial charge in [-0.2, -0.15) is 0 Å². The van der Waals surface area contributed by atoms with Gasteiger partial charge >= 0.3 is 5.97 Å². The molecule has 2 aromatic heterocycles. The molecule has 1 aromatic carbocycles. The second-order valence-electron chi connectivity index (χ2n) is 4.88. The molecule has 7 nitrogen and oxygen atoms in total. The number of hydrogen-bond donors (Lipinski definition) is 1. The van der Waals surface area contributed by atoms with Gasteiger partial charge in [0.15, 0.2) is 11.6 Å². The summed E-state index contributed by atoms with van der Waals surface area (Å²) in [7, 11) is 0. The van der Waals surface area contributed by atoms with Crippen LogP contribution in [0.5, 0.6) is 11.6 Å². The van der Waals surface area contributed by atoms with Crippen LogP contribution >= 0.6 is 11.6 Å². The third-order valence-corrected chi connectivity index (χ3v) is 3.23. The standard InChI is InChI=1S/C15H9ClF2N4O3/c16-8-3-12(18)15(19-6-8)25-10-1-2-13(11(17)5-10)22-7-9(20-21-22)4-14(23)24/h1-3,5-7H,4H2,(H,23,24). The number of nitrogens with zero attached hydrogens (tertiary/aromatic N) is 4. The molecule has 0 saturated carbocycles. The largest absolute Gasteiger partial charge is 0.481 e. The summed E-state index contributed by atoms with van der Waals surface area (Å²) in [5.74, 6) is -2.92. The van der Waals surface area contributed by atoms with E-state index in [1.165, 1.54) is 24.5 Å². The molecule has 3 rings (SSSR count). The minimum Gasteiger partial charge on any atom is -0.481 e. The molecule has 2 heterocycles. The van der Waals surface area contributed by atoms with Crippen molar-refractivity contribution < 1.29 is 23.4 Å². The summed E-state index contributed by atoms with van der Waals surface area (Å²) >= 11 is 5.60. The van der Waals surface area contributed by atoms with E-state index in [0.717, 1.165) is 16.8 Å². The minimum absolute atomic E-state index is 0.0147. The molecule has 0 radical (unpaired) electrons. The maximum absolute atomic E-state index is 14.3. The van der Waals surface area contributed by atoms with Crippen molar-refractivity contribution in [2.24, 2.45) is 0 Å². The van der Waals surface area contributed by atoms with Crippen molar-refractivity contribution in [1.82, 2.24) is 20.0 Å². The summed E-state index contributed by atoms with van der Waals surface area (Å²) in [4.78, 5) is 14.3. The van der Waals surface area contributed by atoms with Gasteiger partial charge in [0.1, 0.15) is 11.4 Å². The van der Waals surface area contributed by atoms with Crippen LogP contribution in [0.1, 0.15) is 5.69 Å². The number of carboxylic acids is 1. The molecule has 0 spiro atoms. The first-order chi connectivity index (χ1) is 11.9. The highest BCUT2D eigenvalue weighted by atomic mass is 35.5. The molecule has 0 saturated heterocycles. The Morgan fingerprint density at radius 3 is 2.76 bits per heavy atom. The summed E-state index contributed by atoms with van der Waals surface area (Å²) in [6, 6.07) is 4.75. The number of aliphatic carboxylic acids is 1. The molecule has 3 aromatic rings. The second-order valence-corrected chi connectivity index (χ2v) is 5.32. The van der Waals surface area contributed by atoms with Crippen molar-refractivity contribution in [1.29, 1.82) is 0 Å². The summed E-state index contributed by atoms with van der Waals surface area (Å²) in [5.41, 5.74) is 0.209. The molecule has 1 N–H and O–H groups in total. The molecule has 0 amide bonds. The summed E-state index contributed by atoms with van der Waals surface area (Å²) in [6.07, 6.45) is 2.17. The Morgan fingerprint density at radius 1 is 1.28 bits per heavy atom. The average molecular weight is 367 g/mol. The SMILES string of the molecule is O=C(O)Cc1cn(-c2ccc(Oc3ncc(Cl)cc3F)cc2F)nn1. The lowest BCUT2D eigenvalue weighted by molar-refractivity contribution is -0.136. The fraction of sp³-hybridized carbons (Fsp3) is 0.0667. The quantitative estimate of drug-likeness (QED) is 0.746. The van der Waals surface area contributed by atoms with Crippen molar-refractivity contribution in [3.8, 4) is 17.3 Å². The molecule has 0 atom stereocenters. The molecule has 0 fully saturated rings.